The minimum atomic E-state index is -0.156. The van der Waals surface area contributed by atoms with Gasteiger partial charge in [-0.3, -0.25) is 0 Å². The van der Waals surface area contributed by atoms with E-state index in [9.17, 15) is 4.79 Å². The van der Waals surface area contributed by atoms with Crippen LogP contribution in [0.2, 0.25) is 0 Å². The van der Waals surface area contributed by atoms with E-state index in [1.807, 2.05) is 18.7 Å². The highest BCUT2D eigenvalue weighted by molar-refractivity contribution is 5.81. The van der Waals surface area contributed by atoms with Crippen LogP contribution in [0.5, 0.6) is 0 Å². The average molecular weight is 295 g/mol. The number of rotatable bonds is 3. The molecule has 2 aliphatic heterocycles. The smallest absolute Gasteiger partial charge is 0.409 e. The van der Waals surface area contributed by atoms with E-state index in [1.54, 1.807) is 0 Å². The zero-order chi connectivity index (χ0) is 15.2. The summed E-state index contributed by atoms with van der Waals surface area (Å²) in [6, 6.07) is 0.594. The van der Waals surface area contributed by atoms with Gasteiger partial charge in [0.25, 0.3) is 0 Å². The monoisotopic (exact) mass is 295 g/mol. The first kappa shape index (κ1) is 16.3. The van der Waals surface area contributed by atoms with Gasteiger partial charge in [0.1, 0.15) is 0 Å². The second kappa shape index (κ2) is 7.78. The van der Waals surface area contributed by atoms with Gasteiger partial charge in [-0.15, -0.1) is 0 Å². The maximum Gasteiger partial charge on any atom is 0.409 e. The van der Waals surface area contributed by atoms with Crippen molar-refractivity contribution in [2.75, 3.05) is 32.8 Å². The second-order valence-corrected chi connectivity index (χ2v) is 6.26. The number of nitrogens with zero attached hydrogens (tertiary/aromatic N) is 2. The van der Waals surface area contributed by atoms with Crippen LogP contribution in [0.3, 0.4) is 0 Å². The maximum atomic E-state index is 11.8. The standard InChI is InChI=1S/C16H29N3O2/c1-3-21-16(20)19-9-4-5-15(8-12-19)18-10-6-14(7-11-18)13(2)17/h14-15,17H,3-12H2,1-2H3/t15-/m0/s1. The third-order valence-corrected chi connectivity index (χ3v) is 4.88. The molecule has 0 spiro atoms. The summed E-state index contributed by atoms with van der Waals surface area (Å²) in [6.07, 6.45) is 5.36. The van der Waals surface area contributed by atoms with E-state index in [2.05, 4.69) is 4.90 Å². The van der Waals surface area contributed by atoms with Crippen molar-refractivity contribution >= 4 is 11.8 Å². The van der Waals surface area contributed by atoms with Crippen molar-refractivity contribution in [1.29, 1.82) is 5.41 Å². The van der Waals surface area contributed by atoms with E-state index in [4.69, 9.17) is 10.1 Å². The van der Waals surface area contributed by atoms with Crippen molar-refractivity contribution < 1.29 is 9.53 Å². The first-order valence-corrected chi connectivity index (χ1v) is 8.32. The van der Waals surface area contributed by atoms with Gasteiger partial charge in [0.15, 0.2) is 0 Å². The van der Waals surface area contributed by atoms with Crippen molar-refractivity contribution in [3.8, 4) is 0 Å². The van der Waals surface area contributed by atoms with E-state index in [0.717, 1.165) is 57.6 Å². The topological polar surface area (TPSA) is 56.6 Å². The molecule has 1 atom stereocenters. The molecule has 2 saturated heterocycles. The van der Waals surface area contributed by atoms with Crippen molar-refractivity contribution in [1.82, 2.24) is 9.80 Å². The van der Waals surface area contributed by atoms with Gasteiger partial charge in [0.05, 0.1) is 6.61 Å². The number of nitrogens with one attached hydrogen (secondary N) is 1. The Morgan fingerprint density at radius 2 is 1.86 bits per heavy atom. The van der Waals surface area contributed by atoms with Gasteiger partial charge in [-0.25, -0.2) is 4.79 Å². The lowest BCUT2D eigenvalue weighted by Crippen LogP contribution is -2.43. The summed E-state index contributed by atoms with van der Waals surface area (Å²) in [6.45, 7) is 8.08. The number of amides is 1. The number of ether oxygens (including phenoxy) is 1. The number of piperidine rings is 1. The molecule has 1 N–H and O–H groups in total. The van der Waals surface area contributed by atoms with Gasteiger partial charge >= 0.3 is 6.09 Å². The van der Waals surface area contributed by atoms with Crippen LogP contribution in [0.1, 0.15) is 46.0 Å². The third-order valence-electron chi connectivity index (χ3n) is 4.88. The molecule has 120 valence electrons. The summed E-state index contributed by atoms with van der Waals surface area (Å²) >= 11 is 0. The molecule has 0 aromatic heterocycles. The minimum Gasteiger partial charge on any atom is -0.450 e. The van der Waals surface area contributed by atoms with E-state index < -0.39 is 0 Å². The Kier molecular flexibility index (Phi) is 6.03. The molecule has 2 heterocycles. The van der Waals surface area contributed by atoms with E-state index >= 15 is 0 Å². The normalized spacial score (nSPS) is 25.4. The van der Waals surface area contributed by atoms with Crippen LogP contribution in [0.4, 0.5) is 4.79 Å². The number of hydrogen-bond donors (Lipinski definition) is 1. The maximum absolute atomic E-state index is 11.8. The van der Waals surface area contributed by atoms with Gasteiger partial charge in [-0.1, -0.05) is 0 Å². The molecule has 5 nitrogen and oxygen atoms in total. The molecule has 0 aromatic rings. The molecule has 0 aromatic carbocycles. The SMILES string of the molecule is CCOC(=O)N1CCC[C@H](N2CCC(C(C)=N)CC2)CC1. The average Bonchev–Trinajstić information content (AvgIpc) is 2.73. The molecule has 2 aliphatic rings. The van der Waals surface area contributed by atoms with Crippen LogP contribution in [0, 0.1) is 11.3 Å². The Balaban J connectivity index is 1.81. The van der Waals surface area contributed by atoms with Crippen molar-refractivity contribution in [2.45, 2.75) is 52.0 Å². The third kappa shape index (κ3) is 4.43. The summed E-state index contributed by atoms with van der Waals surface area (Å²) in [4.78, 5) is 16.3. The van der Waals surface area contributed by atoms with Gasteiger partial charge in [0.2, 0.25) is 0 Å². The van der Waals surface area contributed by atoms with Gasteiger partial charge in [-0.05, 0) is 65.0 Å². The molecule has 2 fully saturated rings. The molecule has 0 aliphatic carbocycles. The molecule has 0 bridgehead atoms. The highest BCUT2D eigenvalue weighted by Crippen LogP contribution is 2.24. The Morgan fingerprint density at radius 3 is 2.48 bits per heavy atom. The molecule has 1 amide bonds. The lowest BCUT2D eigenvalue weighted by atomic mass is 9.91. The molecule has 5 heteroatoms. The fourth-order valence-electron chi connectivity index (χ4n) is 3.54. The molecule has 0 unspecified atom stereocenters. The second-order valence-electron chi connectivity index (χ2n) is 6.26. The van der Waals surface area contributed by atoms with Crippen LogP contribution in [-0.4, -0.2) is 60.4 Å². The Hall–Kier alpha value is -1.10. The van der Waals surface area contributed by atoms with Crippen LogP contribution >= 0.6 is 0 Å². The Bertz CT molecular complexity index is 365. The number of hydrogen-bond acceptors (Lipinski definition) is 4. The summed E-state index contributed by atoms with van der Waals surface area (Å²) in [5.41, 5.74) is 0.837. The summed E-state index contributed by atoms with van der Waals surface area (Å²) in [5.74, 6) is 0.489. The van der Waals surface area contributed by atoms with Crippen molar-refractivity contribution in [3.05, 3.63) is 0 Å². The van der Waals surface area contributed by atoms with E-state index in [-0.39, 0.29) is 6.09 Å². The van der Waals surface area contributed by atoms with Gasteiger partial charge < -0.3 is 19.9 Å². The van der Waals surface area contributed by atoms with Crippen molar-refractivity contribution in [2.24, 2.45) is 5.92 Å². The first-order chi connectivity index (χ1) is 10.1. The number of carbonyl (C=O) groups is 1. The molecular formula is C16H29N3O2. The summed E-state index contributed by atoms with van der Waals surface area (Å²) in [7, 11) is 0. The lowest BCUT2D eigenvalue weighted by molar-refractivity contribution is 0.105. The van der Waals surface area contributed by atoms with Crippen LogP contribution in [0.25, 0.3) is 0 Å². The highest BCUT2D eigenvalue weighted by atomic mass is 16.6. The largest absolute Gasteiger partial charge is 0.450 e. The molecule has 0 saturated carbocycles. The molecular weight excluding hydrogens is 266 g/mol. The number of carbonyl (C=O) groups excluding carboxylic acids is 1. The summed E-state index contributed by atoms with van der Waals surface area (Å²) < 4.78 is 5.11. The fourth-order valence-corrected chi connectivity index (χ4v) is 3.54. The highest BCUT2D eigenvalue weighted by Gasteiger charge is 2.28. The quantitative estimate of drug-likeness (QED) is 0.815. The Morgan fingerprint density at radius 1 is 1.14 bits per heavy atom. The predicted octanol–water partition coefficient (Wildman–Crippen LogP) is 2.75. The molecule has 0 radical (unpaired) electrons. The van der Waals surface area contributed by atoms with Crippen LogP contribution in [-0.2, 0) is 4.74 Å². The zero-order valence-corrected chi connectivity index (χ0v) is 13.4. The van der Waals surface area contributed by atoms with E-state index in [1.165, 1.54) is 6.42 Å². The van der Waals surface area contributed by atoms with Crippen LogP contribution < -0.4 is 0 Å². The van der Waals surface area contributed by atoms with Gasteiger partial charge in [-0.2, -0.15) is 0 Å². The van der Waals surface area contributed by atoms with Crippen molar-refractivity contribution in [3.63, 3.8) is 0 Å². The minimum absolute atomic E-state index is 0.156. The zero-order valence-electron chi connectivity index (χ0n) is 13.4. The van der Waals surface area contributed by atoms with Crippen LogP contribution in [0.15, 0.2) is 0 Å². The van der Waals surface area contributed by atoms with Gasteiger partial charge in [0, 0.05) is 24.8 Å². The Labute approximate surface area is 128 Å². The first-order valence-electron chi connectivity index (χ1n) is 8.32. The number of likely N-dealkylation sites (tertiary alicyclic amines) is 2. The lowest BCUT2D eigenvalue weighted by Gasteiger charge is -2.37. The fraction of sp³-hybridized carbons (Fsp3) is 0.875. The van der Waals surface area contributed by atoms with E-state index in [0.29, 0.717) is 18.6 Å². The predicted molar refractivity (Wildman–Crippen MR) is 83.9 cm³/mol. The molecule has 2 rings (SSSR count). The summed E-state index contributed by atoms with van der Waals surface area (Å²) in [5, 5.41) is 7.77. The molecule has 21 heavy (non-hydrogen) atoms.